The van der Waals surface area contributed by atoms with Crippen LogP contribution in [0.5, 0.6) is 0 Å². The average molecular weight is 429 g/mol. The van der Waals surface area contributed by atoms with Crippen LogP contribution in [-0.4, -0.2) is 47.7 Å². The highest BCUT2D eigenvalue weighted by Crippen LogP contribution is 2.20. The molecule has 6 nitrogen and oxygen atoms in total. The second-order valence-electron chi connectivity index (χ2n) is 8.77. The SMILES string of the molecule is CCCCC(C=O)(CCCC)NC(=N)NC1CCN(C(=O)CCc2ccccc2)CC1. The highest BCUT2D eigenvalue weighted by atomic mass is 16.2. The van der Waals surface area contributed by atoms with Crippen molar-refractivity contribution in [3.63, 3.8) is 0 Å². The predicted octanol–water partition coefficient (Wildman–Crippen LogP) is 4.04. The van der Waals surface area contributed by atoms with E-state index in [1.54, 1.807) is 0 Å². The van der Waals surface area contributed by atoms with Crippen molar-refractivity contribution in [3.05, 3.63) is 35.9 Å². The van der Waals surface area contributed by atoms with E-state index in [0.717, 1.165) is 64.1 Å². The van der Waals surface area contributed by atoms with E-state index in [1.807, 2.05) is 23.1 Å². The van der Waals surface area contributed by atoms with Crippen LogP contribution in [0, 0.1) is 5.41 Å². The lowest BCUT2D eigenvalue weighted by Crippen LogP contribution is -2.57. The van der Waals surface area contributed by atoms with E-state index in [4.69, 9.17) is 5.41 Å². The van der Waals surface area contributed by atoms with Crippen molar-refractivity contribution < 1.29 is 9.59 Å². The van der Waals surface area contributed by atoms with Crippen molar-refractivity contribution in [2.75, 3.05) is 13.1 Å². The van der Waals surface area contributed by atoms with Gasteiger partial charge in [0.25, 0.3) is 0 Å². The quantitative estimate of drug-likeness (QED) is 0.266. The number of benzene rings is 1. The fraction of sp³-hybridized carbons (Fsp3) is 0.640. The number of aryl methyl sites for hydroxylation is 1. The molecule has 0 aliphatic carbocycles. The van der Waals surface area contributed by atoms with Gasteiger partial charge in [-0.25, -0.2) is 0 Å². The molecule has 0 aromatic heterocycles. The number of hydrogen-bond acceptors (Lipinski definition) is 3. The third-order valence-corrected chi connectivity index (χ3v) is 6.22. The summed E-state index contributed by atoms with van der Waals surface area (Å²) in [7, 11) is 0. The number of piperidine rings is 1. The maximum Gasteiger partial charge on any atom is 0.222 e. The van der Waals surface area contributed by atoms with Crippen LogP contribution >= 0.6 is 0 Å². The zero-order valence-corrected chi connectivity index (χ0v) is 19.3. The average Bonchev–Trinajstić information content (AvgIpc) is 2.80. The number of likely N-dealkylation sites (tertiary alicyclic amines) is 1. The molecule has 0 unspecified atom stereocenters. The minimum atomic E-state index is -0.649. The molecule has 0 bridgehead atoms. The van der Waals surface area contributed by atoms with Crippen LogP contribution in [0.15, 0.2) is 30.3 Å². The molecular formula is C25H40N4O2. The zero-order valence-electron chi connectivity index (χ0n) is 19.3. The fourth-order valence-corrected chi connectivity index (χ4v) is 4.20. The Morgan fingerprint density at radius 3 is 2.29 bits per heavy atom. The van der Waals surface area contributed by atoms with Gasteiger partial charge in [-0.1, -0.05) is 69.9 Å². The van der Waals surface area contributed by atoms with E-state index in [2.05, 4.69) is 36.6 Å². The number of nitrogens with zero attached hydrogens (tertiary/aromatic N) is 1. The van der Waals surface area contributed by atoms with E-state index >= 15 is 0 Å². The van der Waals surface area contributed by atoms with E-state index < -0.39 is 5.54 Å². The summed E-state index contributed by atoms with van der Waals surface area (Å²) in [4.78, 5) is 26.4. The molecule has 31 heavy (non-hydrogen) atoms. The van der Waals surface area contributed by atoms with E-state index in [9.17, 15) is 9.59 Å². The number of carbonyl (C=O) groups excluding carboxylic acids is 2. The van der Waals surface area contributed by atoms with Gasteiger partial charge >= 0.3 is 0 Å². The first-order valence-corrected chi connectivity index (χ1v) is 11.9. The standard InChI is InChI=1S/C25H40N4O2/c1-3-5-16-25(20-30,17-6-4-2)28-24(26)27-22-14-18-29(19-15-22)23(31)13-12-21-10-8-7-9-11-21/h7-11,20,22H,3-6,12-19H2,1-2H3,(H3,26,27,28). The molecule has 6 heteroatoms. The van der Waals surface area contributed by atoms with Crippen LogP contribution in [0.4, 0.5) is 0 Å². The highest BCUT2D eigenvalue weighted by molar-refractivity contribution is 5.82. The first-order chi connectivity index (χ1) is 15.0. The Morgan fingerprint density at radius 1 is 1.13 bits per heavy atom. The van der Waals surface area contributed by atoms with Gasteiger partial charge in [-0.2, -0.15) is 0 Å². The number of rotatable bonds is 12. The van der Waals surface area contributed by atoms with Gasteiger partial charge in [-0.15, -0.1) is 0 Å². The van der Waals surface area contributed by atoms with Crippen molar-refractivity contribution in [1.82, 2.24) is 15.5 Å². The van der Waals surface area contributed by atoms with Crippen LogP contribution in [-0.2, 0) is 16.0 Å². The molecule has 1 aromatic carbocycles. The number of nitrogens with one attached hydrogen (secondary N) is 3. The summed E-state index contributed by atoms with van der Waals surface area (Å²) in [6.07, 6.45) is 9.45. The number of carbonyl (C=O) groups is 2. The largest absolute Gasteiger partial charge is 0.354 e. The third-order valence-electron chi connectivity index (χ3n) is 6.22. The van der Waals surface area contributed by atoms with Gasteiger partial charge in [0.1, 0.15) is 6.29 Å². The minimum absolute atomic E-state index is 0.153. The van der Waals surface area contributed by atoms with E-state index in [-0.39, 0.29) is 17.9 Å². The molecule has 0 spiro atoms. The molecule has 0 atom stereocenters. The van der Waals surface area contributed by atoms with E-state index in [0.29, 0.717) is 19.5 Å². The lowest BCUT2D eigenvalue weighted by atomic mass is 9.88. The van der Waals surface area contributed by atoms with E-state index in [1.165, 1.54) is 5.56 Å². The summed E-state index contributed by atoms with van der Waals surface area (Å²) in [6.45, 7) is 5.66. The van der Waals surface area contributed by atoms with Crippen molar-refractivity contribution >= 4 is 18.2 Å². The Bertz CT molecular complexity index is 676. The molecule has 1 heterocycles. The number of aldehydes is 1. The normalized spacial score (nSPS) is 14.8. The molecule has 1 aliphatic heterocycles. The fourth-order valence-electron chi connectivity index (χ4n) is 4.20. The Hall–Kier alpha value is -2.37. The Kier molecular flexibility index (Phi) is 10.5. The molecule has 1 amide bonds. The Morgan fingerprint density at radius 2 is 1.74 bits per heavy atom. The molecule has 1 saturated heterocycles. The molecule has 0 radical (unpaired) electrons. The predicted molar refractivity (Wildman–Crippen MR) is 126 cm³/mol. The summed E-state index contributed by atoms with van der Waals surface area (Å²) in [5.74, 6) is 0.433. The second-order valence-corrected chi connectivity index (χ2v) is 8.77. The number of unbranched alkanes of at least 4 members (excludes halogenated alkanes) is 2. The molecule has 3 N–H and O–H groups in total. The molecule has 1 aliphatic rings. The maximum atomic E-state index is 12.5. The Labute approximate surface area is 187 Å². The number of guanidine groups is 1. The zero-order chi connectivity index (χ0) is 22.5. The van der Waals surface area contributed by atoms with Gasteiger partial charge in [-0.05, 0) is 37.7 Å². The van der Waals surface area contributed by atoms with Gasteiger partial charge < -0.3 is 20.3 Å². The minimum Gasteiger partial charge on any atom is -0.354 e. The topological polar surface area (TPSA) is 85.3 Å². The van der Waals surface area contributed by atoms with Gasteiger partial charge in [-0.3, -0.25) is 10.2 Å². The molecule has 1 aromatic rings. The van der Waals surface area contributed by atoms with Gasteiger partial charge in [0, 0.05) is 25.6 Å². The van der Waals surface area contributed by atoms with Crippen LogP contribution in [0.25, 0.3) is 0 Å². The first kappa shape index (κ1) is 24.9. The summed E-state index contributed by atoms with van der Waals surface area (Å²) < 4.78 is 0. The summed E-state index contributed by atoms with van der Waals surface area (Å²) in [5, 5.41) is 14.8. The first-order valence-electron chi connectivity index (χ1n) is 11.9. The van der Waals surface area contributed by atoms with Crippen molar-refractivity contribution in [3.8, 4) is 0 Å². The monoisotopic (exact) mass is 428 g/mol. The lowest BCUT2D eigenvalue weighted by Gasteiger charge is -2.35. The second kappa shape index (κ2) is 13.1. The third kappa shape index (κ3) is 8.35. The molecular weight excluding hydrogens is 388 g/mol. The van der Waals surface area contributed by atoms with Crippen LogP contribution in [0.3, 0.4) is 0 Å². The molecule has 172 valence electrons. The number of hydrogen-bond donors (Lipinski definition) is 3. The van der Waals surface area contributed by atoms with Crippen LogP contribution in [0.2, 0.25) is 0 Å². The van der Waals surface area contributed by atoms with Crippen molar-refractivity contribution in [2.24, 2.45) is 0 Å². The van der Waals surface area contributed by atoms with Crippen molar-refractivity contribution in [1.29, 1.82) is 5.41 Å². The van der Waals surface area contributed by atoms with Gasteiger partial charge in [0.05, 0.1) is 5.54 Å². The van der Waals surface area contributed by atoms with Crippen molar-refractivity contribution in [2.45, 2.75) is 89.6 Å². The number of amides is 1. The molecule has 1 fully saturated rings. The van der Waals surface area contributed by atoms with Crippen LogP contribution < -0.4 is 10.6 Å². The maximum absolute atomic E-state index is 12.5. The molecule has 2 rings (SSSR count). The van der Waals surface area contributed by atoms with Crippen LogP contribution in [0.1, 0.15) is 77.2 Å². The summed E-state index contributed by atoms with van der Waals surface area (Å²) >= 11 is 0. The summed E-state index contributed by atoms with van der Waals surface area (Å²) in [5.41, 5.74) is 0.543. The summed E-state index contributed by atoms with van der Waals surface area (Å²) in [6, 6.07) is 10.3. The lowest BCUT2D eigenvalue weighted by molar-refractivity contribution is -0.132. The van der Waals surface area contributed by atoms with Gasteiger partial charge in [0.15, 0.2) is 5.96 Å². The molecule has 0 saturated carbocycles. The highest BCUT2D eigenvalue weighted by Gasteiger charge is 2.30. The Balaban J connectivity index is 1.77. The smallest absolute Gasteiger partial charge is 0.222 e. The van der Waals surface area contributed by atoms with Gasteiger partial charge in [0.2, 0.25) is 5.91 Å².